The summed E-state index contributed by atoms with van der Waals surface area (Å²) in [4.78, 5) is 4.60. The van der Waals surface area contributed by atoms with Crippen molar-refractivity contribution in [3.8, 4) is 17.4 Å². The van der Waals surface area contributed by atoms with Crippen molar-refractivity contribution in [3.05, 3.63) is 53.2 Å². The molecule has 0 fully saturated rings. The van der Waals surface area contributed by atoms with Gasteiger partial charge in [0.15, 0.2) is 0 Å². The van der Waals surface area contributed by atoms with Gasteiger partial charge >= 0.3 is 0 Å². The molecule has 0 N–H and O–H groups in total. The molecule has 1 heterocycles. The van der Waals surface area contributed by atoms with E-state index in [9.17, 15) is 0 Å². The Hall–Kier alpha value is -3.09. The van der Waals surface area contributed by atoms with Crippen molar-refractivity contribution in [1.29, 1.82) is 0 Å². The van der Waals surface area contributed by atoms with E-state index in [0.29, 0.717) is 31.4 Å². The molecular formula is C22H29N3O4. The van der Waals surface area contributed by atoms with Crippen molar-refractivity contribution < 1.29 is 19.0 Å². The highest BCUT2D eigenvalue weighted by atomic mass is 16.6. The zero-order valence-electron chi connectivity index (χ0n) is 17.6. The molecule has 2 aromatic rings. The summed E-state index contributed by atoms with van der Waals surface area (Å²) in [7, 11) is 1.48. The minimum absolute atomic E-state index is 0.487. The lowest BCUT2D eigenvalue weighted by atomic mass is 10.1. The zero-order valence-corrected chi connectivity index (χ0v) is 17.6. The van der Waals surface area contributed by atoms with Gasteiger partial charge in [0, 0.05) is 6.07 Å². The first-order chi connectivity index (χ1) is 14.1. The SMILES string of the molecule is C/C=C/COc1cc(C)c(OCCCCOc2ccc(/C=N/OC)nn2)c(C)c1. The maximum atomic E-state index is 5.97. The van der Waals surface area contributed by atoms with Crippen LogP contribution in [0.1, 0.15) is 36.6 Å². The van der Waals surface area contributed by atoms with E-state index in [-0.39, 0.29) is 0 Å². The number of hydrogen-bond acceptors (Lipinski definition) is 7. The fourth-order valence-electron chi connectivity index (χ4n) is 2.60. The van der Waals surface area contributed by atoms with Crippen molar-refractivity contribution in [1.82, 2.24) is 10.2 Å². The average Bonchev–Trinajstić information content (AvgIpc) is 2.71. The third-order valence-electron chi connectivity index (χ3n) is 4.00. The van der Waals surface area contributed by atoms with Gasteiger partial charge in [0.05, 0.1) is 19.4 Å². The van der Waals surface area contributed by atoms with Crippen LogP contribution in [0, 0.1) is 13.8 Å². The van der Waals surface area contributed by atoms with Crippen LogP contribution in [-0.2, 0) is 4.84 Å². The fourth-order valence-corrected chi connectivity index (χ4v) is 2.60. The second kappa shape index (κ2) is 12.4. The number of oxime groups is 1. The summed E-state index contributed by atoms with van der Waals surface area (Å²) < 4.78 is 17.3. The number of aromatic nitrogens is 2. The molecule has 0 bridgehead atoms. The normalized spacial score (nSPS) is 11.2. The summed E-state index contributed by atoms with van der Waals surface area (Å²) in [5.74, 6) is 2.27. The van der Waals surface area contributed by atoms with Gasteiger partial charge in [-0.1, -0.05) is 17.3 Å². The molecule has 7 heteroatoms. The lowest BCUT2D eigenvalue weighted by Crippen LogP contribution is -2.05. The van der Waals surface area contributed by atoms with Gasteiger partial charge < -0.3 is 19.0 Å². The minimum Gasteiger partial charge on any atom is -0.493 e. The quantitative estimate of drug-likeness (QED) is 0.230. The van der Waals surface area contributed by atoms with E-state index in [1.54, 1.807) is 12.1 Å². The number of rotatable bonds is 12. The van der Waals surface area contributed by atoms with E-state index in [0.717, 1.165) is 35.5 Å². The first-order valence-electron chi connectivity index (χ1n) is 9.65. The molecule has 2 rings (SSSR count). The summed E-state index contributed by atoms with van der Waals surface area (Å²) in [5, 5.41) is 11.6. The van der Waals surface area contributed by atoms with E-state index in [2.05, 4.69) is 20.2 Å². The summed E-state index contributed by atoms with van der Waals surface area (Å²) in [6, 6.07) is 7.54. The molecule has 0 aliphatic carbocycles. The highest BCUT2D eigenvalue weighted by Gasteiger charge is 2.07. The van der Waals surface area contributed by atoms with Crippen molar-refractivity contribution >= 4 is 6.21 Å². The first-order valence-corrected chi connectivity index (χ1v) is 9.65. The highest BCUT2D eigenvalue weighted by Crippen LogP contribution is 2.28. The molecule has 1 aromatic heterocycles. The third-order valence-corrected chi connectivity index (χ3v) is 4.00. The summed E-state index contributed by atoms with van der Waals surface area (Å²) in [6.45, 7) is 7.80. The highest BCUT2D eigenvalue weighted by molar-refractivity contribution is 5.75. The number of benzene rings is 1. The van der Waals surface area contributed by atoms with Crippen LogP contribution in [0.15, 0.2) is 41.6 Å². The van der Waals surface area contributed by atoms with Crippen LogP contribution < -0.4 is 14.2 Å². The van der Waals surface area contributed by atoms with E-state index >= 15 is 0 Å². The van der Waals surface area contributed by atoms with Gasteiger partial charge in [-0.25, -0.2) is 0 Å². The Morgan fingerprint density at radius 2 is 1.69 bits per heavy atom. The topological polar surface area (TPSA) is 75.1 Å². The molecule has 0 radical (unpaired) electrons. The van der Waals surface area contributed by atoms with E-state index in [1.165, 1.54) is 13.3 Å². The first kappa shape index (κ1) is 22.2. The lowest BCUT2D eigenvalue weighted by Gasteiger charge is -2.14. The number of aryl methyl sites for hydroxylation is 2. The second-order valence-corrected chi connectivity index (χ2v) is 6.38. The van der Waals surface area contributed by atoms with Crippen LogP contribution in [0.4, 0.5) is 0 Å². The molecule has 0 aliphatic rings. The van der Waals surface area contributed by atoms with Gasteiger partial charge in [0.1, 0.15) is 30.9 Å². The van der Waals surface area contributed by atoms with Gasteiger partial charge in [-0.15, -0.1) is 10.2 Å². The molecule has 0 spiro atoms. The Kier molecular flexibility index (Phi) is 9.48. The summed E-state index contributed by atoms with van der Waals surface area (Å²) >= 11 is 0. The van der Waals surface area contributed by atoms with E-state index in [4.69, 9.17) is 14.2 Å². The van der Waals surface area contributed by atoms with Gasteiger partial charge in [0.2, 0.25) is 5.88 Å². The standard InChI is InChI=1S/C22H29N3O4/c1-5-6-11-27-20-14-17(2)22(18(3)15-20)29-13-8-7-12-28-21-10-9-19(24-25-21)16-23-26-4/h5-6,9-10,14-16H,7-8,11-13H2,1-4H3/b6-5+,23-16+. The molecule has 29 heavy (non-hydrogen) atoms. The maximum absolute atomic E-state index is 5.97. The van der Waals surface area contributed by atoms with Crippen molar-refractivity contribution in [2.24, 2.45) is 5.16 Å². The van der Waals surface area contributed by atoms with Crippen LogP contribution >= 0.6 is 0 Å². The van der Waals surface area contributed by atoms with E-state index in [1.807, 2.05) is 45.1 Å². The van der Waals surface area contributed by atoms with Crippen molar-refractivity contribution in [3.63, 3.8) is 0 Å². The molecule has 0 aliphatic heterocycles. The zero-order chi connectivity index (χ0) is 20.9. The molecular weight excluding hydrogens is 370 g/mol. The fraction of sp³-hybridized carbons (Fsp3) is 0.409. The van der Waals surface area contributed by atoms with Gasteiger partial charge in [-0.3, -0.25) is 0 Å². The Bertz CT molecular complexity index is 781. The summed E-state index contributed by atoms with van der Waals surface area (Å²) in [6.07, 6.45) is 7.17. The van der Waals surface area contributed by atoms with Crippen LogP contribution in [-0.4, -0.2) is 43.3 Å². The number of hydrogen-bond donors (Lipinski definition) is 0. The van der Waals surface area contributed by atoms with Gasteiger partial charge in [0.25, 0.3) is 0 Å². The van der Waals surface area contributed by atoms with Gasteiger partial charge in [-0.05, 0) is 62.9 Å². The van der Waals surface area contributed by atoms with E-state index < -0.39 is 0 Å². The third kappa shape index (κ3) is 7.81. The summed E-state index contributed by atoms with van der Waals surface area (Å²) in [5.41, 5.74) is 2.75. The Labute approximate surface area is 172 Å². The molecule has 7 nitrogen and oxygen atoms in total. The van der Waals surface area contributed by atoms with Crippen LogP contribution in [0.25, 0.3) is 0 Å². The second-order valence-electron chi connectivity index (χ2n) is 6.38. The van der Waals surface area contributed by atoms with Crippen molar-refractivity contribution in [2.75, 3.05) is 26.9 Å². The molecule has 0 atom stereocenters. The molecule has 0 unspecified atom stereocenters. The average molecular weight is 399 g/mol. The molecule has 0 saturated heterocycles. The van der Waals surface area contributed by atoms with Crippen LogP contribution in [0.2, 0.25) is 0 Å². The van der Waals surface area contributed by atoms with Gasteiger partial charge in [-0.2, -0.15) is 0 Å². The minimum atomic E-state index is 0.487. The Balaban J connectivity index is 1.70. The van der Waals surface area contributed by atoms with Crippen molar-refractivity contribution in [2.45, 2.75) is 33.6 Å². The molecule has 1 aromatic carbocycles. The Morgan fingerprint density at radius 3 is 2.31 bits per heavy atom. The Morgan fingerprint density at radius 1 is 0.966 bits per heavy atom. The predicted octanol–water partition coefficient (Wildman–Crippen LogP) is 4.27. The van der Waals surface area contributed by atoms with Crippen LogP contribution in [0.5, 0.6) is 17.4 Å². The molecule has 0 amide bonds. The molecule has 156 valence electrons. The number of ether oxygens (including phenoxy) is 3. The smallest absolute Gasteiger partial charge is 0.233 e. The number of allylic oxidation sites excluding steroid dienone is 1. The number of unbranched alkanes of at least 4 members (excludes halogenated alkanes) is 1. The maximum Gasteiger partial charge on any atom is 0.233 e. The largest absolute Gasteiger partial charge is 0.493 e. The number of nitrogens with zero attached hydrogens (tertiary/aromatic N) is 3. The monoisotopic (exact) mass is 399 g/mol. The lowest BCUT2D eigenvalue weighted by molar-refractivity contribution is 0.215. The molecule has 0 saturated carbocycles. The predicted molar refractivity (Wildman–Crippen MR) is 113 cm³/mol. The van der Waals surface area contributed by atoms with Crippen LogP contribution in [0.3, 0.4) is 0 Å².